The van der Waals surface area contributed by atoms with E-state index < -0.39 is 6.10 Å². The van der Waals surface area contributed by atoms with Crippen LogP contribution in [0.4, 0.5) is 0 Å². The van der Waals surface area contributed by atoms with Crippen LogP contribution < -0.4 is 4.74 Å². The Morgan fingerprint density at radius 2 is 2.22 bits per heavy atom. The highest BCUT2D eigenvalue weighted by Crippen LogP contribution is 2.30. The third kappa shape index (κ3) is 2.49. The number of rotatable bonds is 4. The number of aromatic nitrogens is 2. The Hall–Kier alpha value is -1.52. The predicted molar refractivity (Wildman–Crippen MR) is 70.0 cm³/mol. The molecule has 96 valence electrons. The molecule has 0 radical (unpaired) electrons. The molecule has 0 spiro atoms. The van der Waals surface area contributed by atoms with Gasteiger partial charge in [-0.25, -0.2) is 0 Å². The van der Waals surface area contributed by atoms with E-state index in [2.05, 4.69) is 5.10 Å². The normalized spacial score (nSPS) is 12.4. The smallest absolute Gasteiger partial charge is 0.137 e. The number of aryl methyl sites for hydroxylation is 1. The summed E-state index contributed by atoms with van der Waals surface area (Å²) in [4.78, 5) is 0. The molecule has 0 saturated carbocycles. The number of aliphatic hydroxyl groups excluding tert-OH is 1. The van der Waals surface area contributed by atoms with Gasteiger partial charge in [0, 0.05) is 18.3 Å². The maximum Gasteiger partial charge on any atom is 0.137 e. The molecular weight excluding hydrogens is 252 g/mol. The van der Waals surface area contributed by atoms with Gasteiger partial charge in [0.25, 0.3) is 0 Å². The van der Waals surface area contributed by atoms with E-state index in [1.54, 1.807) is 36.2 Å². The summed E-state index contributed by atoms with van der Waals surface area (Å²) in [5.41, 5.74) is 1.47. The first kappa shape index (κ1) is 12.9. The number of ether oxygens (including phenoxy) is 1. The van der Waals surface area contributed by atoms with Crippen LogP contribution in [0.1, 0.15) is 24.2 Å². The Balaban J connectivity index is 2.27. The van der Waals surface area contributed by atoms with E-state index in [1.807, 2.05) is 13.1 Å². The van der Waals surface area contributed by atoms with Gasteiger partial charge in [0.1, 0.15) is 11.9 Å². The van der Waals surface area contributed by atoms with E-state index in [4.69, 9.17) is 16.3 Å². The molecule has 0 aliphatic heterocycles. The van der Waals surface area contributed by atoms with E-state index >= 15 is 0 Å². The standard InChI is InChI=1S/C13H15ClN2O2/c1-3-16-8-10(7-15-16)13(17)9-4-5-12(18-2)11(14)6-9/h4-8,13,17H,3H2,1-2H3. The Morgan fingerprint density at radius 3 is 2.78 bits per heavy atom. The fourth-order valence-electron chi connectivity index (χ4n) is 1.74. The maximum absolute atomic E-state index is 10.2. The minimum atomic E-state index is -0.728. The van der Waals surface area contributed by atoms with Crippen LogP contribution in [-0.4, -0.2) is 22.0 Å². The average molecular weight is 267 g/mol. The number of methoxy groups -OCH3 is 1. The number of hydrogen-bond acceptors (Lipinski definition) is 3. The van der Waals surface area contributed by atoms with E-state index in [-0.39, 0.29) is 0 Å². The van der Waals surface area contributed by atoms with Gasteiger partial charge < -0.3 is 9.84 Å². The SMILES string of the molecule is CCn1cc(C(O)c2ccc(OC)c(Cl)c2)cn1. The van der Waals surface area contributed by atoms with E-state index in [0.29, 0.717) is 10.8 Å². The van der Waals surface area contributed by atoms with Gasteiger partial charge in [0.2, 0.25) is 0 Å². The Bertz CT molecular complexity index is 540. The first-order valence-electron chi connectivity index (χ1n) is 5.69. The molecule has 0 aliphatic carbocycles. The first-order valence-corrected chi connectivity index (χ1v) is 6.07. The number of aliphatic hydroxyl groups is 1. The van der Waals surface area contributed by atoms with Gasteiger partial charge in [-0.05, 0) is 24.6 Å². The molecule has 2 rings (SSSR count). The zero-order valence-electron chi connectivity index (χ0n) is 10.3. The maximum atomic E-state index is 10.2. The monoisotopic (exact) mass is 266 g/mol. The summed E-state index contributed by atoms with van der Waals surface area (Å²) in [7, 11) is 1.56. The summed E-state index contributed by atoms with van der Waals surface area (Å²) < 4.78 is 6.84. The highest BCUT2D eigenvalue weighted by atomic mass is 35.5. The highest BCUT2D eigenvalue weighted by Gasteiger charge is 2.14. The lowest BCUT2D eigenvalue weighted by Gasteiger charge is -2.11. The molecule has 1 atom stereocenters. The number of halogens is 1. The summed E-state index contributed by atoms with van der Waals surface area (Å²) in [6.45, 7) is 2.77. The first-order chi connectivity index (χ1) is 8.65. The quantitative estimate of drug-likeness (QED) is 0.925. The lowest BCUT2D eigenvalue weighted by atomic mass is 10.0. The van der Waals surface area contributed by atoms with Crippen molar-refractivity contribution in [3.63, 3.8) is 0 Å². The summed E-state index contributed by atoms with van der Waals surface area (Å²) in [5, 5.41) is 14.9. The Morgan fingerprint density at radius 1 is 1.44 bits per heavy atom. The highest BCUT2D eigenvalue weighted by molar-refractivity contribution is 6.32. The molecule has 0 amide bonds. The van der Waals surface area contributed by atoms with Gasteiger partial charge in [-0.15, -0.1) is 0 Å². The van der Waals surface area contributed by atoms with Crippen LogP contribution in [0, 0.1) is 0 Å². The minimum Gasteiger partial charge on any atom is -0.495 e. The molecule has 18 heavy (non-hydrogen) atoms. The van der Waals surface area contributed by atoms with Crippen LogP contribution >= 0.6 is 11.6 Å². The van der Waals surface area contributed by atoms with Crippen molar-refractivity contribution in [2.45, 2.75) is 19.6 Å². The topological polar surface area (TPSA) is 47.3 Å². The Labute approximate surface area is 111 Å². The summed E-state index contributed by atoms with van der Waals surface area (Å²) in [5.74, 6) is 0.594. The van der Waals surface area contributed by atoms with Crippen LogP contribution in [0.2, 0.25) is 5.02 Å². The van der Waals surface area contributed by atoms with Gasteiger partial charge in [0.05, 0.1) is 18.3 Å². The van der Waals surface area contributed by atoms with Gasteiger partial charge in [-0.2, -0.15) is 5.10 Å². The van der Waals surface area contributed by atoms with Gasteiger partial charge in [-0.3, -0.25) is 4.68 Å². The second-order valence-corrected chi connectivity index (χ2v) is 4.33. The van der Waals surface area contributed by atoms with E-state index in [9.17, 15) is 5.11 Å². The summed E-state index contributed by atoms with van der Waals surface area (Å²) >= 11 is 6.04. The molecule has 2 aromatic rings. The second kappa shape index (κ2) is 5.42. The van der Waals surface area contributed by atoms with Crippen molar-refractivity contribution in [2.24, 2.45) is 0 Å². The number of hydrogen-bond donors (Lipinski definition) is 1. The third-order valence-corrected chi connectivity index (χ3v) is 3.08. The third-order valence-electron chi connectivity index (χ3n) is 2.78. The van der Waals surface area contributed by atoms with Crippen molar-refractivity contribution in [2.75, 3.05) is 7.11 Å². The number of benzene rings is 1. The molecule has 0 bridgehead atoms. The van der Waals surface area contributed by atoms with Gasteiger partial charge >= 0.3 is 0 Å². The minimum absolute atomic E-state index is 0.483. The predicted octanol–water partition coefficient (Wildman–Crippen LogP) is 2.65. The fourth-order valence-corrected chi connectivity index (χ4v) is 2.01. The molecule has 5 heteroatoms. The molecule has 1 heterocycles. The van der Waals surface area contributed by atoms with Crippen molar-refractivity contribution in [3.8, 4) is 5.75 Å². The number of nitrogens with zero attached hydrogens (tertiary/aromatic N) is 2. The van der Waals surface area contributed by atoms with Crippen molar-refractivity contribution in [1.82, 2.24) is 9.78 Å². The average Bonchev–Trinajstić information content (AvgIpc) is 2.86. The summed E-state index contributed by atoms with van der Waals surface area (Å²) in [6.07, 6.45) is 2.75. The summed E-state index contributed by atoms with van der Waals surface area (Å²) in [6, 6.07) is 5.23. The van der Waals surface area contributed by atoms with Gasteiger partial charge in [-0.1, -0.05) is 17.7 Å². The second-order valence-electron chi connectivity index (χ2n) is 3.93. The molecule has 1 aromatic carbocycles. The van der Waals surface area contributed by atoms with Crippen molar-refractivity contribution < 1.29 is 9.84 Å². The van der Waals surface area contributed by atoms with Crippen molar-refractivity contribution >= 4 is 11.6 Å². The van der Waals surface area contributed by atoms with E-state index in [1.165, 1.54) is 0 Å². The van der Waals surface area contributed by atoms with Crippen molar-refractivity contribution in [3.05, 3.63) is 46.7 Å². The van der Waals surface area contributed by atoms with Crippen LogP contribution in [0.3, 0.4) is 0 Å². The molecule has 0 aliphatic rings. The molecule has 1 aromatic heterocycles. The zero-order valence-corrected chi connectivity index (χ0v) is 11.1. The molecule has 1 N–H and O–H groups in total. The molecule has 0 saturated heterocycles. The molecule has 1 unspecified atom stereocenters. The Kier molecular flexibility index (Phi) is 3.89. The van der Waals surface area contributed by atoms with Crippen LogP contribution in [0.25, 0.3) is 0 Å². The molecular formula is C13H15ClN2O2. The zero-order chi connectivity index (χ0) is 13.1. The molecule has 4 nitrogen and oxygen atoms in total. The fraction of sp³-hybridized carbons (Fsp3) is 0.308. The molecule has 0 fully saturated rings. The van der Waals surface area contributed by atoms with Gasteiger partial charge in [0.15, 0.2) is 0 Å². The van der Waals surface area contributed by atoms with Crippen LogP contribution in [0.5, 0.6) is 5.75 Å². The van der Waals surface area contributed by atoms with Crippen LogP contribution in [-0.2, 0) is 6.54 Å². The lowest BCUT2D eigenvalue weighted by molar-refractivity contribution is 0.220. The largest absolute Gasteiger partial charge is 0.495 e. The van der Waals surface area contributed by atoms with Crippen molar-refractivity contribution in [1.29, 1.82) is 0 Å². The van der Waals surface area contributed by atoms with Crippen LogP contribution in [0.15, 0.2) is 30.6 Å². The van der Waals surface area contributed by atoms with E-state index in [0.717, 1.165) is 17.7 Å². The lowest BCUT2D eigenvalue weighted by Crippen LogP contribution is -1.99.